The van der Waals surface area contributed by atoms with Gasteiger partial charge in [0.25, 0.3) is 0 Å². The van der Waals surface area contributed by atoms with Crippen LogP contribution in [0, 0.1) is 0 Å². The Balaban J connectivity index is 1.84. The molecule has 0 radical (unpaired) electrons. The smallest absolute Gasteiger partial charge is 0.125 e. The number of aromatic nitrogens is 1. The Kier molecular flexibility index (Phi) is 4.03. The molecule has 1 aromatic heterocycles. The molecule has 2 aromatic rings. The van der Waals surface area contributed by atoms with Crippen LogP contribution in [0.3, 0.4) is 0 Å². The highest BCUT2D eigenvalue weighted by Gasteiger charge is 2.33. The maximum absolute atomic E-state index is 6.09. The lowest BCUT2D eigenvalue weighted by atomic mass is 9.89. The zero-order chi connectivity index (χ0) is 15.6. The molecular formula is C18H22N2O2. The number of methoxy groups -OCH3 is 1. The number of benzene rings is 1. The molecule has 0 spiro atoms. The molecule has 1 aliphatic heterocycles. The van der Waals surface area contributed by atoms with Gasteiger partial charge in [0.05, 0.1) is 12.8 Å². The number of nitrogens with one attached hydrogen (secondary N) is 1. The van der Waals surface area contributed by atoms with Crippen molar-refractivity contribution < 1.29 is 9.47 Å². The van der Waals surface area contributed by atoms with E-state index in [1.54, 1.807) is 7.11 Å². The highest BCUT2D eigenvalue weighted by Crippen LogP contribution is 2.41. The molecule has 1 atom stereocenters. The summed E-state index contributed by atoms with van der Waals surface area (Å²) in [6.07, 6.45) is 2.72. The largest absolute Gasteiger partial charge is 0.497 e. The summed E-state index contributed by atoms with van der Waals surface area (Å²) in [5.41, 5.74) is 1.99. The summed E-state index contributed by atoms with van der Waals surface area (Å²) in [5, 5.41) is 3.60. The van der Waals surface area contributed by atoms with Crippen LogP contribution in [-0.4, -0.2) is 17.7 Å². The SMILES string of the molecule is COc1ccc2c(c1)C(NCc1ccccn1)CC(C)(C)O2. The summed E-state index contributed by atoms with van der Waals surface area (Å²) in [7, 11) is 1.69. The van der Waals surface area contributed by atoms with Gasteiger partial charge in [-0.3, -0.25) is 4.98 Å². The van der Waals surface area contributed by atoms with Crippen molar-refractivity contribution in [3.05, 3.63) is 53.9 Å². The van der Waals surface area contributed by atoms with Gasteiger partial charge in [0.2, 0.25) is 0 Å². The highest BCUT2D eigenvalue weighted by molar-refractivity contribution is 5.44. The number of pyridine rings is 1. The number of ether oxygens (including phenoxy) is 2. The third-order valence-electron chi connectivity index (χ3n) is 3.93. The third-order valence-corrected chi connectivity index (χ3v) is 3.93. The van der Waals surface area contributed by atoms with E-state index in [0.717, 1.165) is 35.7 Å². The summed E-state index contributed by atoms with van der Waals surface area (Å²) < 4.78 is 11.4. The van der Waals surface area contributed by atoms with E-state index in [1.807, 2.05) is 36.5 Å². The maximum Gasteiger partial charge on any atom is 0.125 e. The van der Waals surface area contributed by atoms with E-state index in [9.17, 15) is 0 Å². The first-order chi connectivity index (χ1) is 10.6. The Morgan fingerprint density at radius 2 is 2.18 bits per heavy atom. The minimum atomic E-state index is -0.191. The zero-order valence-corrected chi connectivity index (χ0v) is 13.3. The number of rotatable bonds is 4. The van der Waals surface area contributed by atoms with E-state index in [2.05, 4.69) is 30.2 Å². The Morgan fingerprint density at radius 1 is 1.32 bits per heavy atom. The van der Waals surface area contributed by atoms with Crippen LogP contribution in [-0.2, 0) is 6.54 Å². The van der Waals surface area contributed by atoms with Crippen molar-refractivity contribution in [3.8, 4) is 11.5 Å². The molecule has 0 aliphatic carbocycles. The number of hydrogen-bond donors (Lipinski definition) is 1. The third kappa shape index (κ3) is 3.22. The van der Waals surface area contributed by atoms with Crippen molar-refractivity contribution in [2.75, 3.05) is 7.11 Å². The first-order valence-corrected chi connectivity index (χ1v) is 7.58. The second-order valence-electron chi connectivity index (χ2n) is 6.22. The quantitative estimate of drug-likeness (QED) is 0.938. The second-order valence-corrected chi connectivity index (χ2v) is 6.22. The van der Waals surface area contributed by atoms with Crippen LogP contribution < -0.4 is 14.8 Å². The summed E-state index contributed by atoms with van der Waals surface area (Å²) in [6, 6.07) is 12.2. The molecule has 116 valence electrons. The Labute approximate surface area is 131 Å². The Morgan fingerprint density at radius 3 is 2.91 bits per heavy atom. The molecule has 2 heterocycles. The standard InChI is InChI=1S/C18H22N2O2/c1-18(2)11-16(20-12-13-6-4-5-9-19-13)15-10-14(21-3)7-8-17(15)22-18/h4-10,16,20H,11-12H2,1-3H3. The van der Waals surface area contributed by atoms with Gasteiger partial charge >= 0.3 is 0 Å². The van der Waals surface area contributed by atoms with Crippen LogP contribution in [0.25, 0.3) is 0 Å². The maximum atomic E-state index is 6.09. The molecule has 0 bridgehead atoms. The van der Waals surface area contributed by atoms with Gasteiger partial charge in [0, 0.05) is 30.8 Å². The molecule has 4 heteroatoms. The van der Waals surface area contributed by atoms with Gasteiger partial charge in [0.15, 0.2) is 0 Å². The molecule has 1 unspecified atom stereocenters. The van der Waals surface area contributed by atoms with Gasteiger partial charge < -0.3 is 14.8 Å². The van der Waals surface area contributed by atoms with Crippen molar-refractivity contribution in [2.45, 2.75) is 38.5 Å². The van der Waals surface area contributed by atoms with Crippen LogP contribution in [0.1, 0.15) is 37.6 Å². The van der Waals surface area contributed by atoms with Crippen LogP contribution in [0.15, 0.2) is 42.6 Å². The average molecular weight is 298 g/mol. The number of hydrogen-bond acceptors (Lipinski definition) is 4. The molecule has 22 heavy (non-hydrogen) atoms. The topological polar surface area (TPSA) is 43.4 Å². The molecule has 3 rings (SSSR count). The lowest BCUT2D eigenvalue weighted by Crippen LogP contribution is -2.39. The molecule has 0 fully saturated rings. The predicted molar refractivity (Wildman–Crippen MR) is 86.1 cm³/mol. The molecule has 0 saturated carbocycles. The molecule has 1 aliphatic rings. The van der Waals surface area contributed by atoms with Gasteiger partial charge in [-0.2, -0.15) is 0 Å². The summed E-state index contributed by atoms with van der Waals surface area (Å²) in [4.78, 5) is 4.37. The van der Waals surface area contributed by atoms with Crippen molar-refractivity contribution in [2.24, 2.45) is 0 Å². The Hall–Kier alpha value is -2.07. The fourth-order valence-corrected chi connectivity index (χ4v) is 2.87. The van der Waals surface area contributed by atoms with Crippen molar-refractivity contribution in [3.63, 3.8) is 0 Å². The highest BCUT2D eigenvalue weighted by atomic mass is 16.5. The molecule has 1 N–H and O–H groups in total. The summed E-state index contributed by atoms with van der Waals surface area (Å²) >= 11 is 0. The minimum absolute atomic E-state index is 0.191. The van der Waals surface area contributed by atoms with E-state index in [-0.39, 0.29) is 11.6 Å². The van der Waals surface area contributed by atoms with Gasteiger partial charge in [-0.15, -0.1) is 0 Å². The normalized spacial score (nSPS) is 19.1. The van der Waals surface area contributed by atoms with Crippen LogP contribution in [0.5, 0.6) is 11.5 Å². The van der Waals surface area contributed by atoms with E-state index in [1.165, 1.54) is 0 Å². The summed E-state index contributed by atoms with van der Waals surface area (Å²) in [5.74, 6) is 1.78. The first-order valence-electron chi connectivity index (χ1n) is 7.58. The Bertz CT molecular complexity index is 641. The number of nitrogens with zero attached hydrogens (tertiary/aromatic N) is 1. The lowest BCUT2D eigenvalue weighted by Gasteiger charge is -2.38. The van der Waals surface area contributed by atoms with Crippen LogP contribution in [0.4, 0.5) is 0 Å². The lowest BCUT2D eigenvalue weighted by molar-refractivity contribution is 0.0654. The van der Waals surface area contributed by atoms with Crippen molar-refractivity contribution in [1.82, 2.24) is 10.3 Å². The monoisotopic (exact) mass is 298 g/mol. The van der Waals surface area contributed by atoms with Crippen LogP contribution >= 0.6 is 0 Å². The second kappa shape index (κ2) is 5.97. The fraction of sp³-hybridized carbons (Fsp3) is 0.389. The average Bonchev–Trinajstić information content (AvgIpc) is 2.52. The van der Waals surface area contributed by atoms with E-state index in [0.29, 0.717) is 0 Å². The number of fused-ring (bicyclic) bond motifs is 1. The van der Waals surface area contributed by atoms with Crippen LogP contribution in [0.2, 0.25) is 0 Å². The minimum Gasteiger partial charge on any atom is -0.497 e. The molecule has 4 nitrogen and oxygen atoms in total. The predicted octanol–water partition coefficient (Wildman–Crippen LogP) is 3.48. The molecular weight excluding hydrogens is 276 g/mol. The van der Waals surface area contributed by atoms with Crippen molar-refractivity contribution >= 4 is 0 Å². The van der Waals surface area contributed by atoms with Gasteiger partial charge in [-0.1, -0.05) is 6.07 Å². The van der Waals surface area contributed by atoms with Gasteiger partial charge in [0.1, 0.15) is 17.1 Å². The van der Waals surface area contributed by atoms with Crippen molar-refractivity contribution in [1.29, 1.82) is 0 Å². The zero-order valence-electron chi connectivity index (χ0n) is 13.3. The first kappa shape index (κ1) is 14.9. The van der Waals surface area contributed by atoms with Gasteiger partial charge in [-0.05, 0) is 44.2 Å². The van der Waals surface area contributed by atoms with E-state index < -0.39 is 0 Å². The fourth-order valence-electron chi connectivity index (χ4n) is 2.87. The van der Waals surface area contributed by atoms with E-state index >= 15 is 0 Å². The van der Waals surface area contributed by atoms with E-state index in [4.69, 9.17) is 9.47 Å². The summed E-state index contributed by atoms with van der Waals surface area (Å²) in [6.45, 7) is 4.98. The molecule has 1 aromatic carbocycles. The molecule has 0 saturated heterocycles. The molecule has 0 amide bonds. The van der Waals surface area contributed by atoms with Gasteiger partial charge in [-0.25, -0.2) is 0 Å².